The Morgan fingerprint density at radius 2 is 2.14 bits per heavy atom. The predicted molar refractivity (Wildman–Crippen MR) is 121 cm³/mol. The topological polar surface area (TPSA) is 144 Å². The molecule has 12 nitrogen and oxygen atoms in total. The van der Waals surface area contributed by atoms with Gasteiger partial charge in [0.25, 0.3) is 0 Å². The number of hydrogen-bond acceptors (Lipinski definition) is 9. The number of H-pyrrole nitrogens is 1. The molecule has 6 rings (SSSR count). The lowest BCUT2D eigenvalue weighted by Crippen LogP contribution is -2.39. The number of nitrogens with one attached hydrogen (secondary N) is 3. The van der Waals surface area contributed by atoms with Gasteiger partial charge in [-0.15, -0.1) is 0 Å². The first-order valence-electron chi connectivity index (χ1n) is 11.1. The van der Waals surface area contributed by atoms with Gasteiger partial charge in [0.05, 0.1) is 18.0 Å². The van der Waals surface area contributed by atoms with Crippen LogP contribution in [0, 0.1) is 0 Å². The maximum atomic E-state index is 15.1. The monoisotopic (exact) mass is 479 g/mol. The number of aromatic nitrogens is 7. The molecule has 4 aromatic heterocycles. The van der Waals surface area contributed by atoms with Gasteiger partial charge >= 0.3 is 6.09 Å². The third kappa shape index (κ3) is 4.25. The zero-order chi connectivity index (χ0) is 24.0. The van der Waals surface area contributed by atoms with Gasteiger partial charge in [-0.3, -0.25) is 9.50 Å². The molecule has 2 aliphatic rings. The van der Waals surface area contributed by atoms with E-state index in [0.29, 0.717) is 28.8 Å². The van der Waals surface area contributed by atoms with E-state index in [1.165, 1.54) is 6.33 Å². The summed E-state index contributed by atoms with van der Waals surface area (Å²) in [7, 11) is 0. The molecule has 1 aliphatic heterocycles. The van der Waals surface area contributed by atoms with Crippen molar-refractivity contribution in [2.24, 2.45) is 0 Å². The van der Waals surface area contributed by atoms with E-state index in [4.69, 9.17) is 9.47 Å². The molecular formula is C22H22FN9O3. The molecule has 2 fully saturated rings. The number of ether oxygens (including phenoxy) is 2. The van der Waals surface area contributed by atoms with Crippen molar-refractivity contribution in [1.29, 1.82) is 0 Å². The Hall–Kier alpha value is -4.13. The minimum Gasteiger partial charge on any atom is -0.441 e. The van der Waals surface area contributed by atoms with Crippen LogP contribution in [-0.4, -0.2) is 65.0 Å². The molecule has 13 heteroatoms. The van der Waals surface area contributed by atoms with E-state index < -0.39 is 24.5 Å². The van der Waals surface area contributed by atoms with Crippen molar-refractivity contribution >= 4 is 23.5 Å². The van der Waals surface area contributed by atoms with E-state index in [0.717, 1.165) is 18.4 Å². The lowest BCUT2D eigenvalue weighted by atomic mass is 10.1. The molecule has 1 amide bonds. The molecule has 3 atom stereocenters. The predicted octanol–water partition coefficient (Wildman–Crippen LogP) is 2.71. The first-order valence-corrected chi connectivity index (χ1v) is 11.1. The van der Waals surface area contributed by atoms with Crippen molar-refractivity contribution in [3.8, 4) is 11.3 Å². The van der Waals surface area contributed by atoms with Crippen molar-refractivity contribution in [3.05, 3.63) is 48.9 Å². The van der Waals surface area contributed by atoms with Crippen LogP contribution in [0.2, 0.25) is 0 Å². The number of carbonyl (C=O) groups excluding carboxylic acids is 1. The number of amides is 1. The molecule has 35 heavy (non-hydrogen) atoms. The molecule has 0 spiro atoms. The van der Waals surface area contributed by atoms with Crippen molar-refractivity contribution in [2.75, 3.05) is 11.9 Å². The summed E-state index contributed by atoms with van der Waals surface area (Å²) in [6.45, 7) is 1.88. The normalized spacial score (nSPS) is 22.7. The Morgan fingerprint density at radius 1 is 1.31 bits per heavy atom. The number of carbonyl (C=O) groups is 1. The highest BCUT2D eigenvalue weighted by Gasteiger charge is 2.44. The highest BCUT2D eigenvalue weighted by atomic mass is 19.1. The SMILES string of the molecule is CC1(NC(=O)O[C@H]2CO[C@@H](c3cc(Nc4nc(-c5cncnc5)cc5nccn45)n[nH]3)[C@H]2F)CC1. The summed E-state index contributed by atoms with van der Waals surface area (Å²) in [5, 5.41) is 12.9. The Bertz CT molecular complexity index is 1370. The molecule has 1 saturated carbocycles. The van der Waals surface area contributed by atoms with Crippen LogP contribution in [0.3, 0.4) is 0 Å². The number of fused-ring (bicyclic) bond motifs is 1. The zero-order valence-electron chi connectivity index (χ0n) is 18.7. The fourth-order valence-electron chi connectivity index (χ4n) is 3.92. The molecule has 0 aromatic carbocycles. The van der Waals surface area contributed by atoms with Crippen LogP contribution in [0.25, 0.3) is 16.9 Å². The molecule has 180 valence electrons. The summed E-state index contributed by atoms with van der Waals surface area (Å²) < 4.78 is 27.7. The van der Waals surface area contributed by atoms with Gasteiger partial charge < -0.3 is 20.1 Å². The molecular weight excluding hydrogens is 457 g/mol. The number of imidazole rings is 1. The van der Waals surface area contributed by atoms with E-state index in [2.05, 4.69) is 40.8 Å². The quantitative estimate of drug-likeness (QED) is 0.380. The van der Waals surface area contributed by atoms with E-state index in [-0.39, 0.29) is 12.1 Å². The third-order valence-electron chi connectivity index (χ3n) is 6.14. The van der Waals surface area contributed by atoms with Crippen LogP contribution in [0.4, 0.5) is 21.0 Å². The van der Waals surface area contributed by atoms with Crippen LogP contribution in [0.15, 0.2) is 43.2 Å². The summed E-state index contributed by atoms with van der Waals surface area (Å²) in [6.07, 6.45) is 5.84. The van der Waals surface area contributed by atoms with Crippen LogP contribution >= 0.6 is 0 Å². The highest BCUT2D eigenvalue weighted by molar-refractivity contribution is 5.69. The Labute approximate surface area is 198 Å². The van der Waals surface area contributed by atoms with Crippen LogP contribution in [0.5, 0.6) is 0 Å². The lowest BCUT2D eigenvalue weighted by molar-refractivity contribution is 0.0604. The fourth-order valence-corrected chi connectivity index (χ4v) is 3.92. The van der Waals surface area contributed by atoms with Gasteiger partial charge in [-0.25, -0.2) is 29.1 Å². The van der Waals surface area contributed by atoms with Gasteiger partial charge in [-0.1, -0.05) is 0 Å². The Balaban J connectivity index is 1.18. The number of nitrogens with zero attached hydrogens (tertiary/aromatic N) is 6. The van der Waals surface area contributed by atoms with Crippen LogP contribution in [-0.2, 0) is 9.47 Å². The molecule has 1 aliphatic carbocycles. The van der Waals surface area contributed by atoms with Crippen molar-refractivity contribution < 1.29 is 18.7 Å². The summed E-state index contributed by atoms with van der Waals surface area (Å²) >= 11 is 0. The van der Waals surface area contributed by atoms with Crippen molar-refractivity contribution in [1.82, 2.24) is 39.9 Å². The number of alkyl halides is 1. The second kappa shape index (κ2) is 8.27. The van der Waals surface area contributed by atoms with Gasteiger partial charge in [-0.05, 0) is 19.8 Å². The molecule has 0 radical (unpaired) electrons. The molecule has 5 heterocycles. The second-order valence-corrected chi connectivity index (χ2v) is 8.91. The maximum Gasteiger partial charge on any atom is 0.408 e. The van der Waals surface area contributed by atoms with Gasteiger partial charge in [0.2, 0.25) is 5.95 Å². The summed E-state index contributed by atoms with van der Waals surface area (Å²) in [5.41, 5.74) is 2.19. The Morgan fingerprint density at radius 3 is 2.94 bits per heavy atom. The standard InChI is InChI=1S/C22H22FN9O3/c1-22(2-3-22)29-21(33)35-15-10-34-19(18(15)23)14-6-16(31-30-14)28-20-27-13(12-8-24-11-25-9-12)7-17-26-4-5-32(17)20/h4-9,11,15,18-19H,2-3,10H2,1H3,(H,29,33)(H2,27,28,30,31)/t15-,18-,19-/m0/s1. The number of hydrogen-bond donors (Lipinski definition) is 3. The summed E-state index contributed by atoms with van der Waals surface area (Å²) in [6, 6.07) is 3.45. The fraction of sp³-hybridized carbons (Fsp3) is 0.364. The smallest absolute Gasteiger partial charge is 0.408 e. The minimum absolute atomic E-state index is 0.0455. The van der Waals surface area contributed by atoms with Crippen LogP contribution < -0.4 is 10.6 Å². The van der Waals surface area contributed by atoms with E-state index in [1.807, 2.05) is 13.0 Å². The van der Waals surface area contributed by atoms with Crippen molar-refractivity contribution in [2.45, 2.75) is 43.7 Å². The maximum absolute atomic E-state index is 15.1. The average Bonchev–Trinajstić information content (AvgIpc) is 3.22. The highest BCUT2D eigenvalue weighted by Crippen LogP contribution is 2.36. The molecule has 4 aromatic rings. The zero-order valence-corrected chi connectivity index (χ0v) is 18.7. The Kier molecular flexibility index (Phi) is 5.06. The number of alkyl carbamates (subject to hydrolysis) is 1. The minimum atomic E-state index is -1.54. The average molecular weight is 479 g/mol. The van der Waals surface area contributed by atoms with Gasteiger partial charge in [0.15, 0.2) is 18.1 Å². The first-order chi connectivity index (χ1) is 17.0. The van der Waals surface area contributed by atoms with Crippen molar-refractivity contribution in [3.63, 3.8) is 0 Å². The van der Waals surface area contributed by atoms with Gasteiger partial charge in [-0.2, -0.15) is 5.10 Å². The number of anilines is 2. The number of rotatable bonds is 6. The van der Waals surface area contributed by atoms with Crippen LogP contribution in [0.1, 0.15) is 31.6 Å². The van der Waals surface area contributed by atoms with E-state index >= 15 is 4.39 Å². The molecule has 1 saturated heterocycles. The molecule has 0 bridgehead atoms. The lowest BCUT2D eigenvalue weighted by Gasteiger charge is -2.17. The summed E-state index contributed by atoms with van der Waals surface area (Å²) in [5.74, 6) is 0.857. The largest absolute Gasteiger partial charge is 0.441 e. The summed E-state index contributed by atoms with van der Waals surface area (Å²) in [4.78, 5) is 29.1. The van der Waals surface area contributed by atoms with E-state index in [1.54, 1.807) is 35.3 Å². The van der Waals surface area contributed by atoms with Gasteiger partial charge in [0.1, 0.15) is 18.1 Å². The second-order valence-electron chi connectivity index (χ2n) is 8.91. The third-order valence-corrected chi connectivity index (χ3v) is 6.14. The molecule has 3 N–H and O–H groups in total. The first kappa shape index (κ1) is 21.4. The number of aromatic amines is 1. The van der Waals surface area contributed by atoms with Gasteiger partial charge in [0, 0.05) is 48.0 Å². The van der Waals surface area contributed by atoms with E-state index in [9.17, 15) is 4.79 Å². The molecule has 0 unspecified atom stereocenters. The number of halogens is 1.